The van der Waals surface area contributed by atoms with E-state index in [0.717, 1.165) is 37.1 Å². The number of nitrogens with zero attached hydrogens (tertiary/aromatic N) is 3. The fourth-order valence-electron chi connectivity index (χ4n) is 3.28. The maximum atomic E-state index is 13.0. The lowest BCUT2D eigenvalue weighted by molar-refractivity contribution is -0.132. The predicted molar refractivity (Wildman–Crippen MR) is 89.7 cm³/mol. The van der Waals surface area contributed by atoms with E-state index in [0.29, 0.717) is 0 Å². The Morgan fingerprint density at radius 3 is 2.33 bits per heavy atom. The summed E-state index contributed by atoms with van der Waals surface area (Å²) in [6.45, 7) is 1.90. The summed E-state index contributed by atoms with van der Waals surface area (Å²) < 4.78 is 14.7. The number of hydrogen-bond donors (Lipinski definition) is 0. The van der Waals surface area contributed by atoms with E-state index in [-0.39, 0.29) is 18.3 Å². The van der Waals surface area contributed by atoms with E-state index in [1.54, 1.807) is 34.2 Å². The Morgan fingerprint density at radius 1 is 1.00 bits per heavy atom. The molecule has 0 bridgehead atoms. The molecule has 0 atom stereocenters. The molecule has 1 aromatic heterocycles. The molecule has 1 saturated heterocycles. The molecule has 0 spiro atoms. The van der Waals surface area contributed by atoms with E-state index in [1.807, 2.05) is 11.1 Å². The van der Waals surface area contributed by atoms with Crippen molar-refractivity contribution in [1.29, 1.82) is 0 Å². The number of hydrogen-bond acceptors (Lipinski definition) is 2. The van der Waals surface area contributed by atoms with Crippen molar-refractivity contribution in [2.45, 2.75) is 32.2 Å². The van der Waals surface area contributed by atoms with Crippen molar-refractivity contribution in [2.75, 3.05) is 13.1 Å². The van der Waals surface area contributed by atoms with E-state index in [9.17, 15) is 9.18 Å². The highest BCUT2D eigenvalue weighted by Gasteiger charge is 2.24. The molecule has 1 aliphatic carbocycles. The molecule has 1 saturated carbocycles. The lowest BCUT2D eigenvalue weighted by Crippen LogP contribution is -2.38. The number of halogens is 1. The molecule has 2 aromatic rings. The third-order valence-electron chi connectivity index (χ3n) is 4.83. The van der Waals surface area contributed by atoms with E-state index >= 15 is 0 Å². The van der Waals surface area contributed by atoms with Crippen LogP contribution in [0.4, 0.5) is 4.39 Å². The molecular formula is C19H20FN3O. The van der Waals surface area contributed by atoms with Crippen LogP contribution in [0.3, 0.4) is 0 Å². The summed E-state index contributed by atoms with van der Waals surface area (Å²) in [7, 11) is 0. The maximum absolute atomic E-state index is 13.0. The average molecular weight is 325 g/mol. The van der Waals surface area contributed by atoms with Crippen molar-refractivity contribution in [3.05, 3.63) is 53.6 Å². The van der Waals surface area contributed by atoms with Gasteiger partial charge in [-0.15, -0.1) is 0 Å². The molecule has 1 aliphatic heterocycles. The van der Waals surface area contributed by atoms with Crippen LogP contribution in [0.1, 0.15) is 25.7 Å². The first-order chi connectivity index (χ1) is 11.7. The maximum Gasteiger partial charge on any atom is 0.244 e. The van der Waals surface area contributed by atoms with Gasteiger partial charge in [0.15, 0.2) is 0 Å². The number of rotatable bonds is 3. The van der Waals surface area contributed by atoms with Gasteiger partial charge in [0.25, 0.3) is 0 Å². The summed E-state index contributed by atoms with van der Waals surface area (Å²) in [5.74, 6) is -0.143. The Balaban J connectivity index is 1.38. The number of allylic oxidation sites excluding steroid dienone is 1. The molecular weight excluding hydrogens is 305 g/mol. The second-order valence-electron chi connectivity index (χ2n) is 6.52. The number of amides is 1. The zero-order valence-electron chi connectivity index (χ0n) is 13.5. The van der Waals surface area contributed by atoms with Crippen LogP contribution in [-0.4, -0.2) is 33.7 Å². The SMILES string of the molecule is O=C(Cn1cc(-c2ccc(F)cc2)cn1)N1CCC(=C2CC2)CC1. The molecule has 124 valence electrons. The first-order valence-corrected chi connectivity index (χ1v) is 8.45. The molecule has 1 amide bonds. The van der Waals surface area contributed by atoms with Crippen LogP contribution in [0.2, 0.25) is 0 Å². The predicted octanol–water partition coefficient (Wildman–Crippen LogP) is 3.40. The van der Waals surface area contributed by atoms with Crippen molar-refractivity contribution in [1.82, 2.24) is 14.7 Å². The highest BCUT2D eigenvalue weighted by Crippen LogP contribution is 2.36. The number of carbonyl (C=O) groups excluding carboxylic acids is 1. The summed E-state index contributed by atoms with van der Waals surface area (Å²) in [6, 6.07) is 6.29. The summed E-state index contributed by atoms with van der Waals surface area (Å²) >= 11 is 0. The van der Waals surface area contributed by atoms with Crippen molar-refractivity contribution < 1.29 is 9.18 Å². The third-order valence-corrected chi connectivity index (χ3v) is 4.83. The zero-order chi connectivity index (χ0) is 16.5. The van der Waals surface area contributed by atoms with Crippen molar-refractivity contribution >= 4 is 5.91 Å². The molecule has 4 rings (SSSR count). The van der Waals surface area contributed by atoms with Gasteiger partial charge in [0.05, 0.1) is 6.20 Å². The van der Waals surface area contributed by atoms with Crippen molar-refractivity contribution in [3.8, 4) is 11.1 Å². The van der Waals surface area contributed by atoms with Gasteiger partial charge in [-0.25, -0.2) is 4.39 Å². The molecule has 0 unspecified atom stereocenters. The lowest BCUT2D eigenvalue weighted by Gasteiger charge is -2.28. The van der Waals surface area contributed by atoms with Gasteiger partial charge in [-0.2, -0.15) is 5.10 Å². The van der Waals surface area contributed by atoms with Gasteiger partial charge in [0.1, 0.15) is 12.4 Å². The molecule has 1 aromatic carbocycles. The summed E-state index contributed by atoms with van der Waals surface area (Å²) in [5.41, 5.74) is 4.99. The summed E-state index contributed by atoms with van der Waals surface area (Å²) in [4.78, 5) is 14.4. The van der Waals surface area contributed by atoms with E-state index < -0.39 is 0 Å². The normalized spacial score (nSPS) is 17.3. The van der Waals surface area contributed by atoms with E-state index in [2.05, 4.69) is 5.10 Å². The Bertz CT molecular complexity index is 775. The molecule has 2 heterocycles. The number of piperidine rings is 1. The van der Waals surface area contributed by atoms with E-state index in [1.165, 1.54) is 25.0 Å². The van der Waals surface area contributed by atoms with Gasteiger partial charge in [-0.05, 0) is 43.4 Å². The fraction of sp³-hybridized carbons (Fsp3) is 0.368. The van der Waals surface area contributed by atoms with Crippen LogP contribution in [0.5, 0.6) is 0 Å². The fourth-order valence-corrected chi connectivity index (χ4v) is 3.28. The monoisotopic (exact) mass is 325 g/mol. The van der Waals surface area contributed by atoms with Gasteiger partial charge >= 0.3 is 0 Å². The first kappa shape index (κ1) is 15.1. The molecule has 5 heteroatoms. The topological polar surface area (TPSA) is 38.1 Å². The van der Waals surface area contributed by atoms with Gasteiger partial charge < -0.3 is 4.90 Å². The Labute approximate surface area is 140 Å². The first-order valence-electron chi connectivity index (χ1n) is 8.45. The van der Waals surface area contributed by atoms with Crippen LogP contribution < -0.4 is 0 Å². The summed E-state index contributed by atoms with van der Waals surface area (Å²) in [6.07, 6.45) is 8.15. The van der Waals surface area contributed by atoms with Crippen LogP contribution >= 0.6 is 0 Å². The van der Waals surface area contributed by atoms with Crippen LogP contribution in [0.25, 0.3) is 11.1 Å². The molecule has 2 fully saturated rings. The van der Waals surface area contributed by atoms with Crippen LogP contribution in [0, 0.1) is 5.82 Å². The minimum absolute atomic E-state index is 0.114. The number of benzene rings is 1. The van der Waals surface area contributed by atoms with Crippen molar-refractivity contribution in [3.63, 3.8) is 0 Å². The van der Waals surface area contributed by atoms with Crippen LogP contribution in [0.15, 0.2) is 47.8 Å². The highest BCUT2D eigenvalue weighted by molar-refractivity contribution is 5.76. The van der Waals surface area contributed by atoms with Gasteiger partial charge in [-0.3, -0.25) is 9.48 Å². The third kappa shape index (κ3) is 3.25. The number of likely N-dealkylation sites (tertiary alicyclic amines) is 1. The number of aromatic nitrogens is 2. The molecule has 24 heavy (non-hydrogen) atoms. The largest absolute Gasteiger partial charge is 0.340 e. The number of carbonyl (C=O) groups is 1. The Morgan fingerprint density at radius 2 is 1.67 bits per heavy atom. The van der Waals surface area contributed by atoms with Gasteiger partial charge in [-0.1, -0.05) is 23.3 Å². The van der Waals surface area contributed by atoms with Gasteiger partial charge in [0.2, 0.25) is 5.91 Å². The van der Waals surface area contributed by atoms with Gasteiger partial charge in [0, 0.05) is 24.8 Å². The molecule has 0 radical (unpaired) electrons. The van der Waals surface area contributed by atoms with E-state index in [4.69, 9.17) is 0 Å². The lowest BCUT2D eigenvalue weighted by atomic mass is 10.0. The molecule has 0 N–H and O–H groups in total. The highest BCUT2D eigenvalue weighted by atomic mass is 19.1. The van der Waals surface area contributed by atoms with Crippen LogP contribution in [-0.2, 0) is 11.3 Å². The minimum atomic E-state index is -0.257. The molecule has 2 aliphatic rings. The quantitative estimate of drug-likeness (QED) is 0.811. The molecule has 4 nitrogen and oxygen atoms in total. The second kappa shape index (κ2) is 6.23. The smallest absolute Gasteiger partial charge is 0.244 e. The van der Waals surface area contributed by atoms with Crippen molar-refractivity contribution in [2.24, 2.45) is 0 Å². The Kier molecular flexibility index (Phi) is 3.92. The summed E-state index contributed by atoms with van der Waals surface area (Å²) in [5, 5.41) is 4.27. The second-order valence-corrected chi connectivity index (χ2v) is 6.52. The standard InChI is InChI=1S/C19H20FN3O/c20-18-5-3-15(4-6-18)17-11-21-23(12-17)13-19(24)22-9-7-16(8-10-22)14-1-2-14/h3-6,11-12H,1-2,7-10,13H2. The Hall–Kier alpha value is -2.43. The minimum Gasteiger partial charge on any atom is -0.340 e. The average Bonchev–Trinajstić information content (AvgIpc) is 3.35. The zero-order valence-corrected chi connectivity index (χ0v) is 13.5.